The first-order chi connectivity index (χ1) is 14.4. The summed E-state index contributed by atoms with van der Waals surface area (Å²) >= 11 is 7.11. The van der Waals surface area contributed by atoms with Crippen molar-refractivity contribution in [1.82, 2.24) is 4.57 Å². The maximum atomic E-state index is 14.7. The summed E-state index contributed by atoms with van der Waals surface area (Å²) in [4.78, 5) is 30.7. The Morgan fingerprint density at radius 1 is 1.23 bits per heavy atom. The summed E-state index contributed by atoms with van der Waals surface area (Å²) < 4.78 is 21.4. The molecule has 0 radical (unpaired) electrons. The van der Waals surface area contributed by atoms with Crippen LogP contribution in [0, 0.1) is 5.82 Å². The number of hydrogen-bond acceptors (Lipinski definition) is 5. The van der Waals surface area contributed by atoms with Crippen LogP contribution in [-0.4, -0.2) is 17.6 Å². The van der Waals surface area contributed by atoms with Crippen molar-refractivity contribution in [2.24, 2.45) is 4.99 Å². The van der Waals surface area contributed by atoms with E-state index in [1.165, 1.54) is 29.1 Å². The molecule has 0 N–H and O–H groups in total. The van der Waals surface area contributed by atoms with Gasteiger partial charge >= 0.3 is 5.97 Å². The number of aromatic nitrogens is 1. The van der Waals surface area contributed by atoms with Gasteiger partial charge < -0.3 is 4.74 Å². The average molecular weight is 443 g/mol. The molecule has 1 unspecified atom stereocenters. The van der Waals surface area contributed by atoms with E-state index >= 15 is 0 Å². The second-order valence-electron chi connectivity index (χ2n) is 6.65. The standard InChI is InChI=1S/C22H16ClFN2O3S/c1-12-18(21(28)29-2)19(15-5-3-4-6-16(15)24)26-20(27)17(30-22(26)25-12)11-13-7-9-14(23)10-8-13/h3-11,19H,1-2H3/b17-11-. The van der Waals surface area contributed by atoms with Gasteiger partial charge in [-0.1, -0.05) is 53.3 Å². The first-order valence-electron chi connectivity index (χ1n) is 9.01. The molecular weight excluding hydrogens is 427 g/mol. The smallest absolute Gasteiger partial charge is 0.338 e. The van der Waals surface area contributed by atoms with E-state index in [0.29, 0.717) is 20.1 Å². The van der Waals surface area contributed by atoms with Crippen LogP contribution in [0.25, 0.3) is 6.08 Å². The molecule has 4 rings (SSSR count). The molecule has 0 spiro atoms. The summed E-state index contributed by atoms with van der Waals surface area (Å²) in [7, 11) is 1.24. The normalized spacial score (nSPS) is 16.3. The van der Waals surface area contributed by atoms with Crippen LogP contribution in [0.5, 0.6) is 0 Å². The fourth-order valence-corrected chi connectivity index (χ4v) is 4.57. The highest BCUT2D eigenvalue weighted by atomic mass is 35.5. The van der Waals surface area contributed by atoms with Crippen molar-refractivity contribution in [2.75, 3.05) is 7.11 Å². The molecule has 0 saturated carbocycles. The maximum absolute atomic E-state index is 14.7. The van der Waals surface area contributed by atoms with Crippen LogP contribution in [0.1, 0.15) is 24.1 Å². The zero-order valence-corrected chi connectivity index (χ0v) is 17.6. The van der Waals surface area contributed by atoms with Crippen LogP contribution < -0.4 is 14.9 Å². The summed E-state index contributed by atoms with van der Waals surface area (Å²) in [5.41, 5.74) is 1.14. The minimum Gasteiger partial charge on any atom is -0.466 e. The number of nitrogens with zero attached hydrogens (tertiary/aromatic N) is 2. The van der Waals surface area contributed by atoms with Crippen LogP contribution in [0.2, 0.25) is 5.02 Å². The fourth-order valence-electron chi connectivity index (χ4n) is 3.39. The van der Waals surface area contributed by atoms with E-state index in [4.69, 9.17) is 16.3 Å². The topological polar surface area (TPSA) is 60.7 Å². The van der Waals surface area contributed by atoms with Crippen LogP contribution >= 0.6 is 22.9 Å². The van der Waals surface area contributed by atoms with E-state index in [1.54, 1.807) is 55.5 Å². The lowest BCUT2D eigenvalue weighted by Gasteiger charge is -2.24. The lowest BCUT2D eigenvalue weighted by Crippen LogP contribution is -2.40. The molecule has 2 aromatic carbocycles. The number of ether oxygens (including phenoxy) is 1. The Morgan fingerprint density at radius 2 is 1.93 bits per heavy atom. The van der Waals surface area contributed by atoms with Gasteiger partial charge in [0.1, 0.15) is 11.9 Å². The molecule has 0 bridgehead atoms. The number of rotatable bonds is 3. The van der Waals surface area contributed by atoms with Crippen molar-refractivity contribution in [1.29, 1.82) is 0 Å². The molecule has 8 heteroatoms. The van der Waals surface area contributed by atoms with Crippen LogP contribution in [-0.2, 0) is 9.53 Å². The number of carbonyl (C=O) groups excluding carboxylic acids is 1. The molecule has 2 heterocycles. The molecule has 0 fully saturated rings. The first-order valence-corrected chi connectivity index (χ1v) is 10.2. The Morgan fingerprint density at radius 3 is 2.60 bits per heavy atom. The maximum Gasteiger partial charge on any atom is 0.338 e. The zero-order chi connectivity index (χ0) is 21.4. The van der Waals surface area contributed by atoms with Crippen LogP contribution in [0.3, 0.4) is 0 Å². The van der Waals surface area contributed by atoms with E-state index in [9.17, 15) is 14.0 Å². The van der Waals surface area contributed by atoms with E-state index in [0.717, 1.165) is 5.56 Å². The van der Waals surface area contributed by atoms with Gasteiger partial charge in [0, 0.05) is 10.6 Å². The van der Waals surface area contributed by atoms with Crippen LogP contribution in [0.4, 0.5) is 4.39 Å². The number of hydrogen-bond donors (Lipinski definition) is 0. The highest BCUT2D eigenvalue weighted by molar-refractivity contribution is 7.07. The third-order valence-electron chi connectivity index (χ3n) is 4.79. The van der Waals surface area contributed by atoms with Gasteiger partial charge in [0.25, 0.3) is 5.56 Å². The largest absolute Gasteiger partial charge is 0.466 e. The van der Waals surface area contributed by atoms with E-state index < -0.39 is 17.8 Å². The molecule has 0 aliphatic carbocycles. The highest BCUT2D eigenvalue weighted by Crippen LogP contribution is 2.31. The van der Waals surface area contributed by atoms with E-state index in [1.807, 2.05) is 0 Å². The number of allylic oxidation sites excluding steroid dienone is 1. The molecular formula is C22H16ClFN2O3S. The summed E-state index contributed by atoms with van der Waals surface area (Å²) in [5, 5.41) is 0.589. The molecule has 3 aromatic rings. The SMILES string of the molecule is COC(=O)C1=C(C)N=c2s/c(=C\c3ccc(Cl)cc3)c(=O)n2C1c1ccccc1F. The Hall–Kier alpha value is -3.03. The molecule has 152 valence electrons. The Bertz CT molecular complexity index is 1360. The minimum atomic E-state index is -0.970. The molecule has 5 nitrogen and oxygen atoms in total. The molecule has 1 aromatic heterocycles. The van der Waals surface area contributed by atoms with Crippen molar-refractivity contribution in [3.8, 4) is 0 Å². The van der Waals surface area contributed by atoms with Gasteiger partial charge in [0.15, 0.2) is 4.80 Å². The number of thiazole rings is 1. The van der Waals surface area contributed by atoms with Gasteiger partial charge in [-0.05, 0) is 36.8 Å². The molecule has 30 heavy (non-hydrogen) atoms. The van der Waals surface area contributed by atoms with Crippen molar-refractivity contribution in [2.45, 2.75) is 13.0 Å². The number of benzene rings is 2. The van der Waals surface area contributed by atoms with Gasteiger partial charge in [-0.2, -0.15) is 0 Å². The predicted molar refractivity (Wildman–Crippen MR) is 114 cm³/mol. The number of methoxy groups -OCH3 is 1. The number of fused-ring (bicyclic) bond motifs is 1. The number of esters is 1. The average Bonchev–Trinajstić information content (AvgIpc) is 3.03. The lowest BCUT2D eigenvalue weighted by molar-refractivity contribution is -0.136. The van der Waals surface area contributed by atoms with Gasteiger partial charge in [-0.3, -0.25) is 9.36 Å². The number of halogens is 2. The summed E-state index contributed by atoms with van der Waals surface area (Å²) in [6, 6.07) is 12.1. The third-order valence-corrected chi connectivity index (χ3v) is 6.03. The van der Waals surface area contributed by atoms with Crippen molar-refractivity contribution < 1.29 is 13.9 Å². The van der Waals surface area contributed by atoms with Crippen molar-refractivity contribution >= 4 is 35.0 Å². The van der Waals surface area contributed by atoms with Crippen LogP contribution in [0.15, 0.2) is 69.6 Å². The van der Waals surface area contributed by atoms with Gasteiger partial charge in [-0.15, -0.1) is 0 Å². The Labute approximate surface area is 180 Å². The molecule has 1 aliphatic heterocycles. The summed E-state index contributed by atoms with van der Waals surface area (Å²) in [6.45, 7) is 1.65. The van der Waals surface area contributed by atoms with Gasteiger partial charge in [-0.25, -0.2) is 14.2 Å². The lowest BCUT2D eigenvalue weighted by atomic mass is 9.95. The second kappa shape index (κ2) is 8.01. The van der Waals surface area contributed by atoms with Crippen molar-refractivity contribution in [3.63, 3.8) is 0 Å². The second-order valence-corrected chi connectivity index (χ2v) is 8.09. The van der Waals surface area contributed by atoms with Gasteiger partial charge in [0.2, 0.25) is 0 Å². The zero-order valence-electron chi connectivity index (χ0n) is 16.1. The molecule has 1 aliphatic rings. The Balaban J connectivity index is 2.00. The van der Waals surface area contributed by atoms with E-state index in [-0.39, 0.29) is 16.7 Å². The van der Waals surface area contributed by atoms with E-state index in [2.05, 4.69) is 4.99 Å². The highest BCUT2D eigenvalue weighted by Gasteiger charge is 2.34. The summed E-state index contributed by atoms with van der Waals surface area (Å²) in [5.74, 6) is -1.18. The number of carbonyl (C=O) groups is 1. The van der Waals surface area contributed by atoms with Crippen molar-refractivity contribution in [3.05, 3.63) is 101 Å². The molecule has 0 saturated heterocycles. The monoisotopic (exact) mass is 442 g/mol. The molecule has 1 atom stereocenters. The minimum absolute atomic E-state index is 0.132. The quantitative estimate of drug-likeness (QED) is 0.585. The Kier molecular flexibility index (Phi) is 5.40. The van der Waals surface area contributed by atoms with Gasteiger partial charge in [0.05, 0.1) is 22.9 Å². The fraction of sp³-hybridized carbons (Fsp3) is 0.136. The third kappa shape index (κ3) is 3.51. The molecule has 0 amide bonds. The first kappa shape index (κ1) is 20.3. The predicted octanol–water partition coefficient (Wildman–Crippen LogP) is 3.20. The summed E-state index contributed by atoms with van der Waals surface area (Å²) in [6.07, 6.45) is 1.72.